The molecule has 0 saturated heterocycles. The van der Waals surface area contributed by atoms with Crippen molar-refractivity contribution in [3.63, 3.8) is 0 Å². The first-order valence-electron chi connectivity index (χ1n) is 12.3. The minimum Gasteiger partial charge on any atom is -0.496 e. The predicted molar refractivity (Wildman–Crippen MR) is 132 cm³/mol. The number of nitrogens with zero attached hydrogens (tertiary/aromatic N) is 1. The van der Waals surface area contributed by atoms with Crippen LogP contribution in [-0.4, -0.2) is 24.3 Å². The highest BCUT2D eigenvalue weighted by atomic mass is 16.5. The number of hydrogen-bond donors (Lipinski definition) is 1. The molecule has 180 valence electrons. The van der Waals surface area contributed by atoms with E-state index in [4.69, 9.17) is 14.0 Å². The van der Waals surface area contributed by atoms with Crippen LogP contribution in [0.1, 0.15) is 73.0 Å². The molecule has 2 aromatic carbocycles. The third-order valence-corrected chi connectivity index (χ3v) is 6.44. The van der Waals surface area contributed by atoms with E-state index in [9.17, 15) is 4.79 Å². The van der Waals surface area contributed by atoms with Gasteiger partial charge >= 0.3 is 0 Å². The van der Waals surface area contributed by atoms with Crippen LogP contribution in [0.25, 0.3) is 11.3 Å². The fraction of sp³-hybridized carbons (Fsp3) is 0.429. The van der Waals surface area contributed by atoms with Gasteiger partial charge in [0.25, 0.3) is 5.91 Å². The summed E-state index contributed by atoms with van der Waals surface area (Å²) in [6.07, 6.45) is 10.1. The summed E-state index contributed by atoms with van der Waals surface area (Å²) < 4.78 is 17.3. The molecule has 0 atom stereocenters. The van der Waals surface area contributed by atoms with E-state index in [1.807, 2.05) is 48.5 Å². The molecule has 0 radical (unpaired) electrons. The summed E-state index contributed by atoms with van der Waals surface area (Å²) in [7, 11) is 1.64. The first-order valence-corrected chi connectivity index (χ1v) is 12.3. The van der Waals surface area contributed by atoms with Crippen molar-refractivity contribution >= 4 is 5.91 Å². The van der Waals surface area contributed by atoms with Gasteiger partial charge in [-0.15, -0.1) is 0 Å². The van der Waals surface area contributed by atoms with Crippen LogP contribution in [-0.2, 0) is 6.54 Å². The standard InChI is InChI=1S/C28H34N2O4/c1-20-26(27(30-34-20)21-12-8-7-9-13-21)28(31)29-19-22-16-17-24(18-25(22)32-2)33-23-14-10-5-3-4-6-11-15-23/h7-9,12-13,16-18,23H,3-6,10-11,14-15,19H2,1-2H3,(H,29,31). The highest BCUT2D eigenvalue weighted by Gasteiger charge is 2.22. The maximum Gasteiger partial charge on any atom is 0.257 e. The Bertz CT molecular complexity index is 1070. The van der Waals surface area contributed by atoms with Crippen molar-refractivity contribution in [2.24, 2.45) is 0 Å². The van der Waals surface area contributed by atoms with Crippen LogP contribution in [0.5, 0.6) is 11.5 Å². The number of aryl methyl sites for hydroxylation is 1. The molecular weight excluding hydrogens is 428 g/mol. The zero-order valence-electron chi connectivity index (χ0n) is 20.1. The first-order chi connectivity index (χ1) is 16.7. The van der Waals surface area contributed by atoms with Gasteiger partial charge in [0.1, 0.15) is 28.5 Å². The van der Waals surface area contributed by atoms with Crippen LogP contribution in [0, 0.1) is 6.92 Å². The van der Waals surface area contributed by atoms with Gasteiger partial charge in [-0.25, -0.2) is 0 Å². The molecule has 1 saturated carbocycles. The number of carbonyl (C=O) groups excluding carboxylic acids is 1. The van der Waals surface area contributed by atoms with Crippen LogP contribution in [0.3, 0.4) is 0 Å². The fourth-order valence-electron chi connectivity index (χ4n) is 4.55. The number of benzene rings is 2. The van der Waals surface area contributed by atoms with E-state index in [-0.39, 0.29) is 12.0 Å². The fourth-order valence-corrected chi connectivity index (χ4v) is 4.55. The molecule has 1 aromatic heterocycles. The Balaban J connectivity index is 1.42. The van der Waals surface area contributed by atoms with Gasteiger partial charge in [-0.05, 0) is 44.7 Å². The summed E-state index contributed by atoms with van der Waals surface area (Å²) in [5.74, 6) is 1.77. The molecule has 1 fully saturated rings. The van der Waals surface area contributed by atoms with Gasteiger partial charge in [0, 0.05) is 23.7 Å². The quantitative estimate of drug-likeness (QED) is 0.435. The minimum atomic E-state index is -0.231. The molecule has 6 nitrogen and oxygen atoms in total. The highest BCUT2D eigenvalue weighted by Crippen LogP contribution is 2.29. The van der Waals surface area contributed by atoms with Crippen LogP contribution in [0.4, 0.5) is 0 Å². The second-order valence-electron chi connectivity index (χ2n) is 8.92. The number of nitrogens with one attached hydrogen (secondary N) is 1. The maximum absolute atomic E-state index is 13.0. The molecule has 1 aliphatic rings. The SMILES string of the molecule is COc1cc(OC2CCCCCCCC2)ccc1CNC(=O)c1c(-c2ccccc2)noc1C. The molecule has 0 unspecified atom stereocenters. The zero-order chi connectivity index (χ0) is 23.8. The molecule has 1 heterocycles. The molecule has 0 aliphatic heterocycles. The van der Waals surface area contributed by atoms with Crippen LogP contribution < -0.4 is 14.8 Å². The van der Waals surface area contributed by atoms with E-state index in [0.29, 0.717) is 29.3 Å². The summed E-state index contributed by atoms with van der Waals surface area (Å²) in [4.78, 5) is 13.0. The van der Waals surface area contributed by atoms with Crippen molar-refractivity contribution in [3.8, 4) is 22.8 Å². The van der Waals surface area contributed by atoms with Gasteiger partial charge in [-0.2, -0.15) is 0 Å². The van der Waals surface area contributed by atoms with E-state index in [1.54, 1.807) is 14.0 Å². The van der Waals surface area contributed by atoms with E-state index in [0.717, 1.165) is 29.7 Å². The Morgan fingerprint density at radius 2 is 1.74 bits per heavy atom. The average molecular weight is 463 g/mol. The van der Waals surface area contributed by atoms with Crippen LogP contribution in [0.2, 0.25) is 0 Å². The van der Waals surface area contributed by atoms with Gasteiger partial charge in [0.2, 0.25) is 0 Å². The summed E-state index contributed by atoms with van der Waals surface area (Å²) in [5.41, 5.74) is 2.72. The smallest absolute Gasteiger partial charge is 0.257 e. The molecule has 34 heavy (non-hydrogen) atoms. The largest absolute Gasteiger partial charge is 0.496 e. The van der Waals surface area contributed by atoms with Crippen molar-refractivity contribution in [1.29, 1.82) is 0 Å². The Morgan fingerprint density at radius 1 is 1.03 bits per heavy atom. The van der Waals surface area contributed by atoms with Gasteiger partial charge in [0.15, 0.2) is 0 Å². The van der Waals surface area contributed by atoms with Gasteiger partial charge in [-0.3, -0.25) is 4.79 Å². The zero-order valence-corrected chi connectivity index (χ0v) is 20.1. The van der Waals surface area contributed by atoms with Crippen molar-refractivity contribution in [2.45, 2.75) is 70.9 Å². The Kier molecular flexibility index (Phi) is 8.23. The van der Waals surface area contributed by atoms with Crippen LogP contribution >= 0.6 is 0 Å². The van der Waals surface area contributed by atoms with Crippen molar-refractivity contribution in [3.05, 3.63) is 65.4 Å². The Labute approximate surface area is 201 Å². The molecule has 4 rings (SSSR count). The monoisotopic (exact) mass is 462 g/mol. The molecule has 1 N–H and O–H groups in total. The lowest BCUT2D eigenvalue weighted by Gasteiger charge is -2.20. The molecular formula is C28H34N2O4. The Hall–Kier alpha value is -3.28. The Morgan fingerprint density at radius 3 is 2.44 bits per heavy atom. The van der Waals surface area contributed by atoms with Gasteiger partial charge in [-0.1, -0.05) is 61.2 Å². The third-order valence-electron chi connectivity index (χ3n) is 6.44. The summed E-state index contributed by atoms with van der Waals surface area (Å²) in [6, 6.07) is 15.4. The summed E-state index contributed by atoms with van der Waals surface area (Å²) >= 11 is 0. The van der Waals surface area contributed by atoms with Crippen LogP contribution in [0.15, 0.2) is 53.1 Å². The number of hydrogen-bond acceptors (Lipinski definition) is 5. The lowest BCUT2D eigenvalue weighted by atomic mass is 10.1. The van der Waals surface area contributed by atoms with E-state index >= 15 is 0 Å². The van der Waals surface area contributed by atoms with Crippen molar-refractivity contribution in [2.75, 3.05) is 7.11 Å². The van der Waals surface area contributed by atoms with E-state index in [1.165, 1.54) is 38.5 Å². The number of carbonyl (C=O) groups is 1. The average Bonchev–Trinajstić information content (AvgIpc) is 3.31. The summed E-state index contributed by atoms with van der Waals surface area (Å²) in [6.45, 7) is 2.07. The molecule has 1 amide bonds. The van der Waals surface area contributed by atoms with Gasteiger partial charge in [0.05, 0.1) is 13.2 Å². The number of ether oxygens (including phenoxy) is 2. The number of rotatable bonds is 7. The second-order valence-corrected chi connectivity index (χ2v) is 8.92. The summed E-state index contributed by atoms with van der Waals surface area (Å²) in [5, 5.41) is 7.09. The molecule has 1 aliphatic carbocycles. The lowest BCUT2D eigenvalue weighted by Crippen LogP contribution is -2.24. The molecule has 3 aromatic rings. The number of methoxy groups -OCH3 is 1. The lowest BCUT2D eigenvalue weighted by molar-refractivity contribution is 0.0949. The second kappa shape index (κ2) is 11.7. The molecule has 0 spiro atoms. The van der Waals surface area contributed by atoms with Crippen molar-refractivity contribution < 1.29 is 18.8 Å². The van der Waals surface area contributed by atoms with E-state index < -0.39 is 0 Å². The molecule has 6 heteroatoms. The number of amides is 1. The predicted octanol–water partition coefficient (Wildman–Crippen LogP) is 6.47. The third kappa shape index (κ3) is 5.99. The minimum absolute atomic E-state index is 0.231. The normalized spacial score (nSPS) is 15.1. The number of aromatic nitrogens is 1. The van der Waals surface area contributed by atoms with Crippen molar-refractivity contribution in [1.82, 2.24) is 10.5 Å². The topological polar surface area (TPSA) is 73.6 Å². The first kappa shape index (κ1) is 23.9. The highest BCUT2D eigenvalue weighted by molar-refractivity contribution is 6.00. The molecule has 0 bridgehead atoms. The van der Waals surface area contributed by atoms with Gasteiger partial charge < -0.3 is 19.3 Å². The maximum atomic E-state index is 13.0. The van der Waals surface area contributed by atoms with E-state index in [2.05, 4.69) is 10.5 Å².